The third kappa shape index (κ3) is 2.48. The van der Waals surface area contributed by atoms with Gasteiger partial charge in [-0.25, -0.2) is 4.98 Å². The van der Waals surface area contributed by atoms with Crippen molar-refractivity contribution >= 4 is 28.2 Å². The van der Waals surface area contributed by atoms with Gasteiger partial charge in [0.05, 0.1) is 0 Å². The van der Waals surface area contributed by atoms with E-state index in [4.69, 9.17) is 21.1 Å². The Kier molecular flexibility index (Phi) is 3.57. The lowest BCUT2D eigenvalue weighted by Crippen LogP contribution is -2.21. The van der Waals surface area contributed by atoms with Crippen molar-refractivity contribution in [2.45, 2.75) is 18.7 Å². The molecule has 0 spiro atoms. The van der Waals surface area contributed by atoms with Gasteiger partial charge in [0.25, 0.3) is 0 Å². The summed E-state index contributed by atoms with van der Waals surface area (Å²) in [5.74, 6) is 2.52. The van der Waals surface area contributed by atoms with Crippen LogP contribution in [-0.2, 0) is 0 Å². The molecule has 106 valence electrons. The van der Waals surface area contributed by atoms with Crippen LogP contribution >= 0.6 is 11.6 Å². The summed E-state index contributed by atoms with van der Waals surface area (Å²) in [5.41, 5.74) is 0. The Morgan fingerprint density at radius 3 is 2.85 bits per heavy atom. The number of fused-ring (bicyclic) bond motifs is 2. The predicted molar refractivity (Wildman–Crippen MR) is 81.1 cm³/mol. The fourth-order valence-corrected chi connectivity index (χ4v) is 2.43. The molecule has 0 saturated carbocycles. The minimum absolute atomic E-state index is 0.161. The normalized spacial score (nSPS) is 14.6. The summed E-state index contributed by atoms with van der Waals surface area (Å²) >= 11 is 6.02. The van der Waals surface area contributed by atoms with E-state index in [0.717, 1.165) is 41.1 Å². The first kappa shape index (κ1) is 13.3. The van der Waals surface area contributed by atoms with Gasteiger partial charge in [-0.1, -0.05) is 0 Å². The lowest BCUT2D eigenvalue weighted by Gasteiger charge is -2.20. The maximum atomic E-state index is 6.02. The highest BCUT2D eigenvalue weighted by Gasteiger charge is 2.17. The number of halogens is 1. The lowest BCUT2D eigenvalue weighted by atomic mass is 10.1. The van der Waals surface area contributed by atoms with E-state index in [1.807, 2.05) is 38.4 Å². The molecule has 4 nitrogen and oxygen atoms in total. The Hall–Kier alpha value is -1.68. The third-order valence-corrected chi connectivity index (χ3v) is 3.68. The van der Waals surface area contributed by atoms with Crippen LogP contribution in [0.15, 0.2) is 24.4 Å². The number of aromatic nitrogens is 1. The number of hydrogen-bond acceptors (Lipinski definition) is 4. The van der Waals surface area contributed by atoms with Gasteiger partial charge in [-0.15, -0.1) is 11.6 Å². The largest absolute Gasteiger partial charge is 0.454 e. The molecule has 0 N–H and O–H groups in total. The van der Waals surface area contributed by atoms with E-state index in [-0.39, 0.29) is 12.2 Å². The zero-order valence-corrected chi connectivity index (χ0v) is 12.4. The van der Waals surface area contributed by atoms with Crippen LogP contribution in [0.5, 0.6) is 11.5 Å². The summed E-state index contributed by atoms with van der Waals surface area (Å²) in [4.78, 5) is 6.63. The Morgan fingerprint density at radius 1 is 1.35 bits per heavy atom. The van der Waals surface area contributed by atoms with Crippen molar-refractivity contribution in [3.63, 3.8) is 0 Å². The third-order valence-electron chi connectivity index (χ3n) is 3.46. The molecule has 1 aliphatic heterocycles. The number of benzene rings is 1. The smallest absolute Gasteiger partial charge is 0.231 e. The predicted octanol–water partition coefficient (Wildman–Crippen LogP) is 3.42. The highest BCUT2D eigenvalue weighted by molar-refractivity contribution is 6.20. The van der Waals surface area contributed by atoms with E-state index >= 15 is 0 Å². The summed E-state index contributed by atoms with van der Waals surface area (Å²) in [6.07, 6.45) is 2.74. The first-order chi connectivity index (χ1) is 9.65. The standard InChI is InChI=1S/C15H17ClN2O2/c1-10(16)4-6-18(2)15-12-8-14-13(19-9-20-14)7-11(12)3-5-17-15/h3,5,7-8,10H,4,6,9H2,1-2H3. The molecule has 5 heteroatoms. The highest BCUT2D eigenvalue weighted by atomic mass is 35.5. The van der Waals surface area contributed by atoms with E-state index in [2.05, 4.69) is 9.88 Å². The van der Waals surface area contributed by atoms with E-state index in [0.29, 0.717) is 0 Å². The molecule has 1 atom stereocenters. The minimum atomic E-state index is 0.161. The summed E-state index contributed by atoms with van der Waals surface area (Å²) in [6.45, 7) is 3.16. The number of rotatable bonds is 4. The number of pyridine rings is 1. The Labute approximate surface area is 123 Å². The second kappa shape index (κ2) is 5.37. The summed E-state index contributed by atoms with van der Waals surface area (Å²) in [5, 5.41) is 2.33. The van der Waals surface area contributed by atoms with Crippen molar-refractivity contribution in [1.29, 1.82) is 0 Å². The lowest BCUT2D eigenvalue weighted by molar-refractivity contribution is 0.174. The fourth-order valence-electron chi connectivity index (χ4n) is 2.33. The van der Waals surface area contributed by atoms with Crippen molar-refractivity contribution < 1.29 is 9.47 Å². The van der Waals surface area contributed by atoms with Gasteiger partial charge in [0.2, 0.25) is 6.79 Å². The topological polar surface area (TPSA) is 34.6 Å². The van der Waals surface area contributed by atoms with Crippen molar-refractivity contribution in [2.24, 2.45) is 0 Å². The molecule has 2 aromatic rings. The Balaban J connectivity index is 1.98. The van der Waals surface area contributed by atoms with Gasteiger partial charge in [-0.3, -0.25) is 0 Å². The number of alkyl halides is 1. The SMILES string of the molecule is CC(Cl)CCN(C)c1nccc2cc3c(cc12)OCO3. The van der Waals surface area contributed by atoms with E-state index in [1.54, 1.807) is 0 Å². The van der Waals surface area contributed by atoms with E-state index in [1.165, 1.54) is 0 Å². The van der Waals surface area contributed by atoms with Crippen LogP contribution in [-0.4, -0.2) is 30.7 Å². The second-order valence-electron chi connectivity index (χ2n) is 5.05. The molecule has 1 aromatic carbocycles. The highest BCUT2D eigenvalue weighted by Crippen LogP contribution is 2.38. The molecule has 1 unspecified atom stereocenters. The average molecular weight is 293 g/mol. The molecule has 0 radical (unpaired) electrons. The molecular formula is C15H17ClN2O2. The molecule has 1 aliphatic rings. The van der Waals surface area contributed by atoms with Crippen LogP contribution in [0.1, 0.15) is 13.3 Å². The van der Waals surface area contributed by atoms with E-state index in [9.17, 15) is 0 Å². The van der Waals surface area contributed by atoms with Crippen LogP contribution < -0.4 is 14.4 Å². The maximum absolute atomic E-state index is 6.02. The number of ether oxygens (including phenoxy) is 2. The number of hydrogen-bond donors (Lipinski definition) is 0. The minimum Gasteiger partial charge on any atom is -0.454 e. The van der Waals surface area contributed by atoms with Crippen molar-refractivity contribution in [3.8, 4) is 11.5 Å². The zero-order chi connectivity index (χ0) is 14.1. The van der Waals surface area contributed by atoms with Gasteiger partial charge < -0.3 is 14.4 Å². The van der Waals surface area contributed by atoms with Crippen molar-refractivity contribution in [2.75, 3.05) is 25.3 Å². The van der Waals surface area contributed by atoms with Gasteiger partial charge in [0.1, 0.15) is 5.82 Å². The summed E-state index contributed by atoms with van der Waals surface area (Å²) in [6, 6.07) is 5.99. The molecule has 2 heterocycles. The summed E-state index contributed by atoms with van der Waals surface area (Å²) < 4.78 is 10.9. The molecular weight excluding hydrogens is 276 g/mol. The average Bonchev–Trinajstić information content (AvgIpc) is 2.88. The Morgan fingerprint density at radius 2 is 2.10 bits per heavy atom. The van der Waals surface area contributed by atoms with E-state index < -0.39 is 0 Å². The Bertz CT molecular complexity index is 631. The van der Waals surface area contributed by atoms with Crippen LogP contribution in [0.4, 0.5) is 5.82 Å². The first-order valence-electron chi connectivity index (χ1n) is 6.68. The fraction of sp³-hybridized carbons (Fsp3) is 0.400. The molecule has 0 aliphatic carbocycles. The van der Waals surface area contributed by atoms with Crippen molar-refractivity contribution in [1.82, 2.24) is 4.98 Å². The molecule has 20 heavy (non-hydrogen) atoms. The second-order valence-corrected chi connectivity index (χ2v) is 5.80. The first-order valence-corrected chi connectivity index (χ1v) is 7.12. The number of anilines is 1. The van der Waals surface area contributed by atoms with Gasteiger partial charge in [-0.05, 0) is 36.9 Å². The maximum Gasteiger partial charge on any atom is 0.231 e. The molecule has 0 bridgehead atoms. The monoisotopic (exact) mass is 292 g/mol. The van der Waals surface area contributed by atoms with Crippen LogP contribution in [0.2, 0.25) is 0 Å². The molecule has 0 amide bonds. The quantitative estimate of drug-likeness (QED) is 0.809. The summed E-state index contributed by atoms with van der Waals surface area (Å²) in [7, 11) is 2.03. The van der Waals surface area contributed by atoms with Gasteiger partial charge in [-0.2, -0.15) is 0 Å². The zero-order valence-electron chi connectivity index (χ0n) is 11.6. The molecule has 1 aromatic heterocycles. The number of nitrogens with zero attached hydrogens (tertiary/aromatic N) is 2. The molecule has 0 fully saturated rings. The van der Waals surface area contributed by atoms with Gasteiger partial charge >= 0.3 is 0 Å². The van der Waals surface area contributed by atoms with Gasteiger partial charge in [0, 0.05) is 30.6 Å². The van der Waals surface area contributed by atoms with Gasteiger partial charge in [0.15, 0.2) is 11.5 Å². The molecule has 0 saturated heterocycles. The van der Waals surface area contributed by atoms with Crippen LogP contribution in [0.25, 0.3) is 10.8 Å². The molecule has 3 rings (SSSR count). The van der Waals surface area contributed by atoms with Crippen molar-refractivity contribution in [3.05, 3.63) is 24.4 Å². The van der Waals surface area contributed by atoms with Crippen LogP contribution in [0, 0.1) is 0 Å². The van der Waals surface area contributed by atoms with Crippen LogP contribution in [0.3, 0.4) is 0 Å².